The second kappa shape index (κ2) is 13.6. The highest BCUT2D eigenvalue weighted by Gasteiger charge is 2.18. The second-order valence-corrected chi connectivity index (χ2v) is 10.2. The van der Waals surface area contributed by atoms with Gasteiger partial charge >= 0.3 is 0 Å². The molecule has 2 amide bonds. The molecule has 5 rings (SSSR count). The first-order valence-corrected chi connectivity index (χ1v) is 14.1. The second-order valence-electron chi connectivity index (χ2n) is 10.2. The first-order valence-electron chi connectivity index (χ1n) is 14.1. The quantitative estimate of drug-likeness (QED) is 0.182. The molecule has 0 spiro atoms. The molecule has 0 radical (unpaired) electrons. The van der Waals surface area contributed by atoms with Gasteiger partial charge in [0.25, 0.3) is 5.56 Å². The van der Waals surface area contributed by atoms with E-state index < -0.39 is 6.04 Å². The lowest BCUT2D eigenvalue weighted by Crippen LogP contribution is -2.36. The zero-order chi connectivity index (χ0) is 31.1. The lowest BCUT2D eigenvalue weighted by Gasteiger charge is -2.14. The maximum atomic E-state index is 13.7. The molecular formula is C35H32FN5O3. The molecule has 3 N–H and O–H groups in total. The van der Waals surface area contributed by atoms with Gasteiger partial charge in [-0.15, -0.1) is 0 Å². The van der Waals surface area contributed by atoms with E-state index in [0.29, 0.717) is 11.3 Å². The van der Waals surface area contributed by atoms with Gasteiger partial charge in [-0.25, -0.2) is 9.07 Å². The van der Waals surface area contributed by atoms with Crippen molar-refractivity contribution >= 4 is 29.3 Å². The first-order chi connectivity index (χ1) is 21.3. The molecule has 0 aliphatic rings. The first kappa shape index (κ1) is 29.9. The van der Waals surface area contributed by atoms with E-state index in [0.717, 1.165) is 22.4 Å². The van der Waals surface area contributed by atoms with Gasteiger partial charge in [0.15, 0.2) is 0 Å². The molecular weight excluding hydrogens is 557 g/mol. The number of hydrogen-bond acceptors (Lipinski definition) is 4. The fourth-order valence-corrected chi connectivity index (χ4v) is 4.61. The lowest BCUT2D eigenvalue weighted by molar-refractivity contribution is -0.117. The van der Waals surface area contributed by atoms with Crippen molar-refractivity contribution in [1.29, 1.82) is 0 Å². The highest BCUT2D eigenvalue weighted by atomic mass is 19.1. The number of likely N-dealkylation sites (N-methyl/N-ethyl adjacent to an activating group) is 1. The number of anilines is 2. The third-order valence-electron chi connectivity index (χ3n) is 7.10. The van der Waals surface area contributed by atoms with Crippen molar-refractivity contribution in [2.75, 3.05) is 17.7 Å². The number of carbonyl (C=O) groups excluding carboxylic acids is 2. The number of hydrogen-bond donors (Lipinski definition) is 3. The van der Waals surface area contributed by atoms with E-state index in [-0.39, 0.29) is 35.4 Å². The Balaban J connectivity index is 1.44. The number of benzene rings is 4. The van der Waals surface area contributed by atoms with Gasteiger partial charge in [-0.1, -0.05) is 66.7 Å². The smallest absolute Gasteiger partial charge is 0.291 e. The largest absolute Gasteiger partial charge is 0.323 e. The number of nitrogens with zero attached hydrogens (tertiary/aromatic N) is 2. The minimum absolute atomic E-state index is 0.151. The molecule has 8 nitrogen and oxygen atoms in total. The Labute approximate surface area is 254 Å². The van der Waals surface area contributed by atoms with Gasteiger partial charge in [0, 0.05) is 11.8 Å². The summed E-state index contributed by atoms with van der Waals surface area (Å²) in [7, 11) is 1.67. The summed E-state index contributed by atoms with van der Waals surface area (Å²) in [5.74, 6) is -1.03. The van der Waals surface area contributed by atoms with Crippen LogP contribution in [0.25, 0.3) is 22.9 Å². The van der Waals surface area contributed by atoms with Crippen LogP contribution in [0.3, 0.4) is 0 Å². The van der Waals surface area contributed by atoms with Gasteiger partial charge in [-0.3, -0.25) is 19.1 Å². The molecule has 0 aliphatic carbocycles. The van der Waals surface area contributed by atoms with Crippen molar-refractivity contribution in [3.05, 3.63) is 143 Å². The summed E-state index contributed by atoms with van der Waals surface area (Å²) >= 11 is 0. The summed E-state index contributed by atoms with van der Waals surface area (Å²) in [6.45, 7) is 1.88. The molecule has 0 aliphatic heterocycles. The molecule has 5 aromatic rings. The Morgan fingerprint density at radius 1 is 0.864 bits per heavy atom. The van der Waals surface area contributed by atoms with Crippen LogP contribution < -0.4 is 21.5 Å². The number of rotatable bonds is 10. The molecule has 222 valence electrons. The summed E-state index contributed by atoms with van der Waals surface area (Å²) in [6.07, 6.45) is 4.59. The average Bonchev–Trinajstić information content (AvgIpc) is 3.34. The molecule has 0 bridgehead atoms. The van der Waals surface area contributed by atoms with Crippen molar-refractivity contribution in [3.8, 4) is 16.8 Å². The average molecular weight is 590 g/mol. The zero-order valence-corrected chi connectivity index (χ0v) is 24.3. The summed E-state index contributed by atoms with van der Waals surface area (Å²) in [5.41, 5.74) is 4.52. The van der Waals surface area contributed by atoms with Gasteiger partial charge in [-0.2, -0.15) is 0 Å². The van der Waals surface area contributed by atoms with Crippen molar-refractivity contribution < 1.29 is 14.0 Å². The predicted octanol–water partition coefficient (Wildman–Crippen LogP) is 5.69. The molecule has 0 saturated carbocycles. The van der Waals surface area contributed by atoms with Crippen LogP contribution in [0.15, 0.2) is 120 Å². The van der Waals surface area contributed by atoms with Crippen molar-refractivity contribution in [3.63, 3.8) is 0 Å². The SMILES string of the molecule is CNC(C)C(=O)Nc1cn(-c2cccc(-c3ccccc3)c2)n(Cc2cccc(NC(=O)/C=C/c3ccc(F)cc3)c2)c1=O. The molecule has 4 aromatic carbocycles. The maximum Gasteiger partial charge on any atom is 0.291 e. The van der Waals surface area contributed by atoms with Gasteiger partial charge in [-0.05, 0) is 78.7 Å². The monoisotopic (exact) mass is 589 g/mol. The van der Waals surface area contributed by atoms with E-state index in [2.05, 4.69) is 16.0 Å². The summed E-state index contributed by atoms with van der Waals surface area (Å²) in [5, 5.41) is 8.46. The number of halogens is 1. The fourth-order valence-electron chi connectivity index (χ4n) is 4.61. The third kappa shape index (κ3) is 7.26. The molecule has 1 unspecified atom stereocenters. The molecule has 1 heterocycles. The Morgan fingerprint density at radius 2 is 1.59 bits per heavy atom. The highest BCUT2D eigenvalue weighted by molar-refractivity contribution is 6.02. The van der Waals surface area contributed by atoms with Crippen LogP contribution >= 0.6 is 0 Å². The predicted molar refractivity (Wildman–Crippen MR) is 172 cm³/mol. The Kier molecular flexibility index (Phi) is 9.27. The van der Waals surface area contributed by atoms with Crippen LogP contribution in [-0.4, -0.2) is 34.3 Å². The summed E-state index contributed by atoms with van der Waals surface area (Å²) in [4.78, 5) is 38.9. The number of aromatic nitrogens is 2. The molecule has 1 aromatic heterocycles. The number of nitrogens with one attached hydrogen (secondary N) is 3. The summed E-state index contributed by atoms with van der Waals surface area (Å²) < 4.78 is 16.4. The molecule has 0 saturated heterocycles. The normalized spacial score (nSPS) is 11.8. The standard InChI is InChI=1S/C35H32FN5O3/c1-24(37-2)34(43)39-32-23-40(31-13-7-11-28(21-31)27-9-4-3-5-10-27)41(35(32)44)22-26-8-6-12-30(20-26)38-33(42)19-16-25-14-17-29(36)18-15-25/h3-21,23-24,37H,22H2,1-2H3,(H,38,42)(H,39,43)/b19-16+. The van der Waals surface area contributed by atoms with Crippen molar-refractivity contribution in [1.82, 2.24) is 14.7 Å². The van der Waals surface area contributed by atoms with Gasteiger partial charge < -0.3 is 16.0 Å². The van der Waals surface area contributed by atoms with E-state index in [1.807, 2.05) is 60.7 Å². The molecule has 1 atom stereocenters. The van der Waals surface area contributed by atoms with Crippen LogP contribution in [0.2, 0.25) is 0 Å². The summed E-state index contributed by atoms with van der Waals surface area (Å²) in [6, 6.07) is 30.2. The van der Waals surface area contributed by atoms with Crippen molar-refractivity contribution in [2.45, 2.75) is 19.5 Å². The Bertz CT molecular complexity index is 1860. The Morgan fingerprint density at radius 3 is 2.34 bits per heavy atom. The molecule has 44 heavy (non-hydrogen) atoms. The maximum absolute atomic E-state index is 13.7. The topological polar surface area (TPSA) is 97.2 Å². The van der Waals surface area contributed by atoms with Crippen LogP contribution in [0, 0.1) is 5.82 Å². The molecule has 9 heteroatoms. The van der Waals surface area contributed by atoms with Crippen molar-refractivity contribution in [2.24, 2.45) is 0 Å². The lowest BCUT2D eigenvalue weighted by atomic mass is 10.1. The van der Waals surface area contributed by atoms with Crippen LogP contribution in [0.1, 0.15) is 18.1 Å². The van der Waals surface area contributed by atoms with Crippen LogP contribution in [-0.2, 0) is 16.1 Å². The van der Waals surface area contributed by atoms with E-state index in [9.17, 15) is 18.8 Å². The van der Waals surface area contributed by atoms with E-state index >= 15 is 0 Å². The zero-order valence-electron chi connectivity index (χ0n) is 24.3. The van der Waals surface area contributed by atoms with E-state index in [4.69, 9.17) is 0 Å². The molecule has 0 fully saturated rings. The van der Waals surface area contributed by atoms with E-state index in [1.165, 1.54) is 18.2 Å². The fraction of sp³-hybridized carbons (Fsp3) is 0.114. The van der Waals surface area contributed by atoms with Gasteiger partial charge in [0.2, 0.25) is 11.8 Å². The Hall–Kier alpha value is -5.54. The minimum atomic E-state index is -0.495. The van der Waals surface area contributed by atoms with Gasteiger partial charge in [0.1, 0.15) is 11.5 Å². The number of amides is 2. The van der Waals surface area contributed by atoms with Crippen LogP contribution in [0.5, 0.6) is 0 Å². The van der Waals surface area contributed by atoms with Gasteiger partial charge in [0.05, 0.1) is 24.5 Å². The minimum Gasteiger partial charge on any atom is -0.323 e. The van der Waals surface area contributed by atoms with Crippen LogP contribution in [0.4, 0.5) is 15.8 Å². The van der Waals surface area contributed by atoms with E-state index in [1.54, 1.807) is 65.9 Å². The highest BCUT2D eigenvalue weighted by Crippen LogP contribution is 2.23. The third-order valence-corrected chi connectivity index (χ3v) is 7.10. The number of carbonyl (C=O) groups is 2.